The molecule has 6 heteroatoms. The summed E-state index contributed by atoms with van der Waals surface area (Å²) in [6, 6.07) is 14.3. The molecule has 0 spiro atoms. The molecule has 1 aromatic heterocycles. The van der Waals surface area contributed by atoms with E-state index in [0.29, 0.717) is 23.8 Å². The molecule has 1 fully saturated rings. The Bertz CT molecular complexity index is 1180. The fraction of sp³-hybridized carbons (Fsp3) is 0.385. The highest BCUT2D eigenvalue weighted by Crippen LogP contribution is 2.21. The minimum atomic E-state index is -0.0742. The molecule has 1 aliphatic heterocycles. The molecule has 4 rings (SSSR count). The van der Waals surface area contributed by atoms with Gasteiger partial charge < -0.3 is 19.9 Å². The summed E-state index contributed by atoms with van der Waals surface area (Å²) in [5.74, 6) is 0. The van der Waals surface area contributed by atoms with E-state index in [0.717, 1.165) is 42.5 Å². The van der Waals surface area contributed by atoms with E-state index in [1.165, 1.54) is 16.7 Å². The lowest BCUT2D eigenvalue weighted by atomic mass is 10.0. The lowest BCUT2D eigenvalue weighted by molar-refractivity contribution is 0.0904. The van der Waals surface area contributed by atoms with Crippen molar-refractivity contribution < 1.29 is 4.74 Å². The smallest absolute Gasteiger partial charge is 0.253 e. The Morgan fingerprint density at radius 2 is 1.97 bits per heavy atom. The van der Waals surface area contributed by atoms with Crippen molar-refractivity contribution in [3.8, 4) is 0 Å². The van der Waals surface area contributed by atoms with Gasteiger partial charge in [0.25, 0.3) is 5.56 Å². The van der Waals surface area contributed by atoms with Crippen LogP contribution in [0.5, 0.6) is 0 Å². The Balaban J connectivity index is 1.63. The Kier molecular flexibility index (Phi) is 6.92. The summed E-state index contributed by atoms with van der Waals surface area (Å²) < 4.78 is 5.88. The number of nitrogens with zero attached hydrogens (tertiary/aromatic N) is 1. The van der Waals surface area contributed by atoms with E-state index in [2.05, 4.69) is 48.1 Å². The number of ether oxygens (including phenoxy) is 1. The summed E-state index contributed by atoms with van der Waals surface area (Å²) in [7, 11) is 0. The van der Waals surface area contributed by atoms with Gasteiger partial charge in [0.1, 0.15) is 0 Å². The number of anilines is 1. The van der Waals surface area contributed by atoms with Crippen LogP contribution >= 0.6 is 12.2 Å². The zero-order valence-corrected chi connectivity index (χ0v) is 19.8. The molecule has 3 aromatic rings. The highest BCUT2D eigenvalue weighted by Gasteiger charge is 2.22. The quantitative estimate of drug-likeness (QED) is 0.514. The average molecular weight is 450 g/mol. The number of thiocarbonyl (C=S) groups is 1. The van der Waals surface area contributed by atoms with E-state index in [1.807, 2.05) is 30.3 Å². The van der Waals surface area contributed by atoms with Crippen LogP contribution in [-0.2, 0) is 17.7 Å². The molecule has 168 valence electrons. The SMILES string of the molecule is CCc1ccccc1NC(=S)N(Cc1cc2cc(C)c(C)cc2[nH]c1=O)C[C@H]1CCCO1. The molecule has 2 aromatic carbocycles. The predicted octanol–water partition coefficient (Wildman–Crippen LogP) is 5.09. The maximum Gasteiger partial charge on any atom is 0.253 e. The second kappa shape index (κ2) is 9.84. The zero-order chi connectivity index (χ0) is 22.7. The van der Waals surface area contributed by atoms with E-state index in [4.69, 9.17) is 17.0 Å². The molecule has 0 saturated carbocycles. The number of rotatable bonds is 6. The van der Waals surface area contributed by atoms with Gasteiger partial charge in [-0.05, 0) is 91.7 Å². The Morgan fingerprint density at radius 1 is 1.19 bits per heavy atom. The number of benzene rings is 2. The normalized spacial score (nSPS) is 15.8. The Labute approximate surface area is 194 Å². The van der Waals surface area contributed by atoms with Gasteiger partial charge in [0.05, 0.1) is 12.6 Å². The van der Waals surface area contributed by atoms with Gasteiger partial charge in [-0.1, -0.05) is 25.1 Å². The van der Waals surface area contributed by atoms with Crippen molar-refractivity contribution in [2.24, 2.45) is 0 Å². The number of aromatic amines is 1. The van der Waals surface area contributed by atoms with Crippen LogP contribution in [0.1, 0.15) is 42.0 Å². The molecular formula is C26H31N3O2S. The number of nitrogens with one attached hydrogen (secondary N) is 2. The summed E-state index contributed by atoms with van der Waals surface area (Å²) in [6.07, 6.45) is 3.12. The van der Waals surface area contributed by atoms with Gasteiger partial charge in [0.2, 0.25) is 0 Å². The standard InChI is InChI=1S/C26H31N3O2S/c1-4-19-8-5-6-10-23(19)28-26(32)29(16-22-9-7-11-31-22)15-21-14-20-12-17(2)18(3)13-24(20)27-25(21)30/h5-6,8,10,12-14,22H,4,7,9,11,15-16H2,1-3H3,(H,27,30)(H,28,32)/t22-/m1/s1. The van der Waals surface area contributed by atoms with Gasteiger partial charge in [0, 0.05) is 29.9 Å². The number of hydrogen-bond acceptors (Lipinski definition) is 3. The van der Waals surface area contributed by atoms with E-state index in [9.17, 15) is 4.79 Å². The van der Waals surface area contributed by atoms with Crippen molar-refractivity contribution in [1.29, 1.82) is 0 Å². The molecule has 1 aliphatic rings. The summed E-state index contributed by atoms with van der Waals surface area (Å²) in [5, 5.41) is 5.07. The molecular weight excluding hydrogens is 418 g/mol. The number of H-pyrrole nitrogens is 1. The predicted molar refractivity (Wildman–Crippen MR) is 135 cm³/mol. The van der Waals surface area contributed by atoms with E-state index >= 15 is 0 Å². The minimum Gasteiger partial charge on any atom is -0.376 e. The fourth-order valence-electron chi connectivity index (χ4n) is 4.24. The second-order valence-corrected chi connectivity index (χ2v) is 8.99. The Hall–Kier alpha value is -2.70. The topological polar surface area (TPSA) is 57.4 Å². The van der Waals surface area contributed by atoms with Crippen LogP contribution in [0.25, 0.3) is 10.9 Å². The second-order valence-electron chi connectivity index (χ2n) is 8.60. The van der Waals surface area contributed by atoms with Gasteiger partial charge in [-0.2, -0.15) is 0 Å². The molecule has 0 amide bonds. The molecule has 1 atom stereocenters. The molecule has 2 heterocycles. The first-order valence-electron chi connectivity index (χ1n) is 11.3. The molecule has 5 nitrogen and oxygen atoms in total. The first-order valence-corrected chi connectivity index (χ1v) is 11.7. The molecule has 32 heavy (non-hydrogen) atoms. The first kappa shape index (κ1) is 22.5. The lowest BCUT2D eigenvalue weighted by Gasteiger charge is -2.28. The van der Waals surface area contributed by atoms with Gasteiger partial charge in [0.15, 0.2) is 5.11 Å². The van der Waals surface area contributed by atoms with Crippen molar-refractivity contribution >= 4 is 33.9 Å². The average Bonchev–Trinajstić information content (AvgIpc) is 3.29. The molecule has 1 saturated heterocycles. The Morgan fingerprint density at radius 3 is 2.72 bits per heavy atom. The van der Waals surface area contributed by atoms with Crippen LogP contribution in [0.3, 0.4) is 0 Å². The number of fused-ring (bicyclic) bond motifs is 1. The monoisotopic (exact) mass is 449 g/mol. The number of hydrogen-bond donors (Lipinski definition) is 2. The van der Waals surface area contributed by atoms with E-state index in [1.54, 1.807) is 0 Å². The van der Waals surface area contributed by atoms with Gasteiger partial charge in [-0.3, -0.25) is 4.79 Å². The van der Waals surface area contributed by atoms with Gasteiger partial charge in [-0.15, -0.1) is 0 Å². The number of pyridine rings is 1. The van der Waals surface area contributed by atoms with Crippen LogP contribution in [0, 0.1) is 13.8 Å². The van der Waals surface area contributed by atoms with Crippen molar-refractivity contribution in [2.45, 2.75) is 52.7 Å². The first-order chi connectivity index (χ1) is 15.4. The van der Waals surface area contributed by atoms with Crippen molar-refractivity contribution in [2.75, 3.05) is 18.5 Å². The van der Waals surface area contributed by atoms with Crippen molar-refractivity contribution in [3.05, 3.63) is 75.1 Å². The number of aryl methyl sites for hydroxylation is 3. The highest BCUT2D eigenvalue weighted by molar-refractivity contribution is 7.80. The molecule has 2 N–H and O–H groups in total. The summed E-state index contributed by atoms with van der Waals surface area (Å²) in [5.41, 5.74) is 6.09. The maximum atomic E-state index is 12.9. The molecule has 0 radical (unpaired) electrons. The van der Waals surface area contributed by atoms with Crippen LogP contribution in [0.2, 0.25) is 0 Å². The molecule has 0 unspecified atom stereocenters. The number of aromatic nitrogens is 1. The summed E-state index contributed by atoms with van der Waals surface area (Å²) in [4.78, 5) is 18.0. The minimum absolute atomic E-state index is 0.0742. The molecule has 0 aliphatic carbocycles. The third kappa shape index (κ3) is 5.03. The van der Waals surface area contributed by atoms with Crippen molar-refractivity contribution in [3.63, 3.8) is 0 Å². The van der Waals surface area contributed by atoms with Crippen LogP contribution < -0.4 is 10.9 Å². The van der Waals surface area contributed by atoms with Crippen LogP contribution in [0.15, 0.2) is 47.3 Å². The zero-order valence-electron chi connectivity index (χ0n) is 19.0. The van der Waals surface area contributed by atoms with Crippen LogP contribution in [0.4, 0.5) is 5.69 Å². The van der Waals surface area contributed by atoms with Gasteiger partial charge in [-0.25, -0.2) is 0 Å². The largest absolute Gasteiger partial charge is 0.376 e. The lowest BCUT2D eigenvalue weighted by Crippen LogP contribution is -2.40. The summed E-state index contributed by atoms with van der Waals surface area (Å²) in [6.45, 7) is 8.15. The van der Waals surface area contributed by atoms with Crippen LogP contribution in [-0.4, -0.2) is 34.3 Å². The highest BCUT2D eigenvalue weighted by atomic mass is 32.1. The number of para-hydroxylation sites is 1. The molecule has 0 bridgehead atoms. The summed E-state index contributed by atoms with van der Waals surface area (Å²) >= 11 is 5.82. The third-order valence-corrected chi connectivity index (χ3v) is 6.63. The van der Waals surface area contributed by atoms with E-state index < -0.39 is 0 Å². The third-order valence-electron chi connectivity index (χ3n) is 6.27. The van der Waals surface area contributed by atoms with Crippen molar-refractivity contribution in [1.82, 2.24) is 9.88 Å². The fourth-order valence-corrected chi connectivity index (χ4v) is 4.49. The van der Waals surface area contributed by atoms with Gasteiger partial charge >= 0.3 is 0 Å². The van der Waals surface area contributed by atoms with E-state index in [-0.39, 0.29) is 11.7 Å². The maximum absolute atomic E-state index is 12.9.